The van der Waals surface area contributed by atoms with Crippen molar-refractivity contribution in [3.05, 3.63) is 29.3 Å². The van der Waals surface area contributed by atoms with E-state index in [-0.39, 0.29) is 0 Å². The van der Waals surface area contributed by atoms with Crippen molar-refractivity contribution in [2.75, 3.05) is 6.26 Å². The summed E-state index contributed by atoms with van der Waals surface area (Å²) in [5.41, 5.74) is 4.50. The van der Waals surface area contributed by atoms with Gasteiger partial charge in [-0.15, -0.1) is 11.8 Å². The number of hydrogen-bond donors (Lipinski definition) is 2. The van der Waals surface area contributed by atoms with Gasteiger partial charge in [0.05, 0.1) is 0 Å². The van der Waals surface area contributed by atoms with E-state index in [1.54, 1.807) is 11.8 Å². The Hall–Kier alpha value is -0.510. The average Bonchev–Trinajstić information content (AvgIpc) is 2.09. The van der Waals surface area contributed by atoms with Crippen molar-refractivity contribution in [2.45, 2.75) is 18.4 Å². The minimum Gasteiger partial charge on any atom is -0.316 e. The van der Waals surface area contributed by atoms with Crippen molar-refractivity contribution < 1.29 is 5.21 Å². The largest absolute Gasteiger partial charge is 0.316 e. The second-order valence-corrected chi connectivity index (χ2v) is 3.51. The van der Waals surface area contributed by atoms with Crippen molar-refractivity contribution in [2.24, 2.45) is 0 Å². The van der Waals surface area contributed by atoms with Crippen LogP contribution in [0.4, 0.5) is 0 Å². The fraction of sp³-hybridized carbons (Fsp3) is 0.333. The smallest absolute Gasteiger partial charge is 0.0460 e. The summed E-state index contributed by atoms with van der Waals surface area (Å²) in [5.74, 6) is 0. The van der Waals surface area contributed by atoms with E-state index in [9.17, 15) is 0 Å². The van der Waals surface area contributed by atoms with E-state index in [0.29, 0.717) is 6.54 Å². The number of thioether (sulfide) groups is 1. The maximum Gasteiger partial charge on any atom is 0.0460 e. The zero-order valence-electron chi connectivity index (χ0n) is 7.29. The number of benzene rings is 1. The molecule has 0 saturated carbocycles. The molecule has 0 radical (unpaired) electrons. The van der Waals surface area contributed by atoms with Gasteiger partial charge in [-0.05, 0) is 36.4 Å². The third kappa shape index (κ3) is 2.24. The van der Waals surface area contributed by atoms with Crippen molar-refractivity contribution in [1.82, 2.24) is 5.48 Å². The summed E-state index contributed by atoms with van der Waals surface area (Å²) >= 11 is 1.73. The second kappa shape index (κ2) is 4.50. The van der Waals surface area contributed by atoms with E-state index in [1.165, 1.54) is 10.5 Å². The standard InChI is InChI=1S/C9H13NOS/c1-7-5-9(12-2)4-3-8(7)6-10-11/h3-5,10-11H,6H2,1-2H3. The molecular weight excluding hydrogens is 170 g/mol. The van der Waals surface area contributed by atoms with Crippen molar-refractivity contribution >= 4 is 11.8 Å². The molecule has 0 aromatic heterocycles. The highest BCUT2D eigenvalue weighted by Crippen LogP contribution is 2.18. The Morgan fingerprint density at radius 1 is 1.50 bits per heavy atom. The van der Waals surface area contributed by atoms with Gasteiger partial charge in [0, 0.05) is 11.4 Å². The molecule has 3 heteroatoms. The summed E-state index contributed by atoms with van der Waals surface area (Å²) in [6, 6.07) is 6.21. The Morgan fingerprint density at radius 3 is 2.75 bits per heavy atom. The first-order valence-corrected chi connectivity index (χ1v) is 5.01. The van der Waals surface area contributed by atoms with Gasteiger partial charge in [0.1, 0.15) is 0 Å². The molecule has 0 unspecified atom stereocenters. The summed E-state index contributed by atoms with van der Waals surface area (Å²) in [6.07, 6.45) is 2.05. The topological polar surface area (TPSA) is 32.3 Å². The van der Waals surface area contributed by atoms with Crippen LogP contribution in [0, 0.1) is 6.92 Å². The van der Waals surface area contributed by atoms with E-state index in [4.69, 9.17) is 5.21 Å². The van der Waals surface area contributed by atoms with E-state index in [0.717, 1.165) is 5.56 Å². The lowest BCUT2D eigenvalue weighted by Gasteiger charge is -2.05. The van der Waals surface area contributed by atoms with Gasteiger partial charge in [-0.25, -0.2) is 5.48 Å². The van der Waals surface area contributed by atoms with Crippen LogP contribution in [0.25, 0.3) is 0 Å². The van der Waals surface area contributed by atoms with Gasteiger partial charge in [0.25, 0.3) is 0 Å². The van der Waals surface area contributed by atoms with Crippen LogP contribution in [-0.4, -0.2) is 11.5 Å². The van der Waals surface area contributed by atoms with Gasteiger partial charge in [0.2, 0.25) is 0 Å². The molecule has 1 aromatic rings. The minimum absolute atomic E-state index is 0.514. The molecule has 0 fully saturated rings. The molecular formula is C9H13NOS. The predicted molar refractivity (Wildman–Crippen MR) is 51.6 cm³/mol. The Morgan fingerprint density at radius 2 is 2.25 bits per heavy atom. The van der Waals surface area contributed by atoms with Crippen molar-refractivity contribution in [3.63, 3.8) is 0 Å². The molecule has 1 aromatic carbocycles. The van der Waals surface area contributed by atoms with Gasteiger partial charge in [-0.1, -0.05) is 6.07 Å². The Kier molecular flexibility index (Phi) is 3.59. The monoisotopic (exact) mass is 183 g/mol. The van der Waals surface area contributed by atoms with Crippen LogP contribution in [-0.2, 0) is 6.54 Å². The van der Waals surface area contributed by atoms with Crippen LogP contribution in [0.2, 0.25) is 0 Å². The molecule has 2 N–H and O–H groups in total. The molecule has 1 rings (SSSR count). The first-order chi connectivity index (χ1) is 5.77. The number of hydrogen-bond acceptors (Lipinski definition) is 3. The van der Waals surface area contributed by atoms with Gasteiger partial charge in [-0.2, -0.15) is 0 Å². The highest BCUT2D eigenvalue weighted by molar-refractivity contribution is 7.98. The molecule has 66 valence electrons. The van der Waals surface area contributed by atoms with Crippen LogP contribution >= 0.6 is 11.8 Å². The quantitative estimate of drug-likeness (QED) is 0.556. The summed E-state index contributed by atoms with van der Waals surface area (Å²) in [7, 11) is 0. The second-order valence-electron chi connectivity index (χ2n) is 2.63. The van der Waals surface area contributed by atoms with E-state index in [1.807, 2.05) is 13.0 Å². The van der Waals surface area contributed by atoms with Crippen LogP contribution in [0.5, 0.6) is 0 Å². The number of aryl methyl sites for hydroxylation is 1. The van der Waals surface area contributed by atoms with Crippen LogP contribution in [0.3, 0.4) is 0 Å². The van der Waals surface area contributed by atoms with E-state index < -0.39 is 0 Å². The predicted octanol–water partition coefficient (Wildman–Crippen LogP) is 2.20. The highest BCUT2D eigenvalue weighted by atomic mass is 32.2. The number of hydroxylamine groups is 1. The maximum absolute atomic E-state index is 8.52. The zero-order chi connectivity index (χ0) is 8.97. The van der Waals surface area contributed by atoms with Gasteiger partial charge >= 0.3 is 0 Å². The van der Waals surface area contributed by atoms with E-state index >= 15 is 0 Å². The third-order valence-electron chi connectivity index (χ3n) is 1.82. The lowest BCUT2D eigenvalue weighted by atomic mass is 10.1. The van der Waals surface area contributed by atoms with Crippen LogP contribution < -0.4 is 5.48 Å². The fourth-order valence-corrected chi connectivity index (χ4v) is 1.58. The molecule has 0 aliphatic rings. The first-order valence-electron chi connectivity index (χ1n) is 3.78. The minimum atomic E-state index is 0.514. The Bertz CT molecular complexity index is 263. The molecule has 0 aliphatic carbocycles. The fourth-order valence-electron chi connectivity index (χ4n) is 1.08. The lowest BCUT2D eigenvalue weighted by Crippen LogP contribution is -2.07. The first kappa shape index (κ1) is 9.58. The Labute approximate surface area is 76.9 Å². The molecule has 12 heavy (non-hydrogen) atoms. The van der Waals surface area contributed by atoms with Crippen LogP contribution in [0.15, 0.2) is 23.1 Å². The SMILES string of the molecule is CSc1ccc(CNO)c(C)c1. The highest BCUT2D eigenvalue weighted by Gasteiger charge is 1.97. The van der Waals surface area contributed by atoms with Crippen molar-refractivity contribution in [3.8, 4) is 0 Å². The van der Waals surface area contributed by atoms with Gasteiger partial charge in [-0.3, -0.25) is 0 Å². The summed E-state index contributed by atoms with van der Waals surface area (Å²) < 4.78 is 0. The maximum atomic E-state index is 8.52. The molecule has 0 atom stereocenters. The molecule has 2 nitrogen and oxygen atoms in total. The summed E-state index contributed by atoms with van der Waals surface area (Å²) in [4.78, 5) is 1.26. The van der Waals surface area contributed by atoms with Crippen molar-refractivity contribution in [1.29, 1.82) is 0 Å². The number of rotatable bonds is 3. The molecule has 0 spiro atoms. The molecule has 0 bridgehead atoms. The lowest BCUT2D eigenvalue weighted by molar-refractivity contribution is 0.161. The molecule has 0 heterocycles. The molecule has 0 saturated heterocycles. The van der Waals surface area contributed by atoms with E-state index in [2.05, 4.69) is 23.9 Å². The summed E-state index contributed by atoms with van der Waals surface area (Å²) in [5, 5.41) is 8.52. The molecule has 0 amide bonds. The average molecular weight is 183 g/mol. The van der Waals surface area contributed by atoms with Crippen LogP contribution in [0.1, 0.15) is 11.1 Å². The summed E-state index contributed by atoms with van der Waals surface area (Å²) in [6.45, 7) is 2.56. The number of nitrogens with one attached hydrogen (secondary N) is 1. The third-order valence-corrected chi connectivity index (χ3v) is 2.54. The zero-order valence-corrected chi connectivity index (χ0v) is 8.11. The van der Waals surface area contributed by atoms with Gasteiger partial charge < -0.3 is 5.21 Å². The Balaban J connectivity index is 2.87. The molecule has 0 aliphatic heterocycles. The normalized spacial score (nSPS) is 10.2. The van der Waals surface area contributed by atoms with Gasteiger partial charge in [0.15, 0.2) is 0 Å².